The highest BCUT2D eigenvalue weighted by molar-refractivity contribution is 7.99. The van der Waals surface area contributed by atoms with Crippen LogP contribution >= 0.6 is 11.8 Å². The molecule has 0 bridgehead atoms. The Labute approximate surface area is 151 Å². The van der Waals surface area contributed by atoms with Gasteiger partial charge in [-0.25, -0.2) is 0 Å². The van der Waals surface area contributed by atoms with Crippen LogP contribution in [0.15, 0.2) is 24.3 Å². The van der Waals surface area contributed by atoms with Crippen LogP contribution in [0.25, 0.3) is 0 Å². The molecule has 1 heterocycles. The van der Waals surface area contributed by atoms with Crippen LogP contribution in [0.1, 0.15) is 31.2 Å². The maximum atomic E-state index is 12.7. The fourth-order valence-electron chi connectivity index (χ4n) is 3.44. The van der Waals surface area contributed by atoms with Crippen LogP contribution in [0, 0.1) is 5.92 Å². The van der Waals surface area contributed by atoms with Crippen LogP contribution in [-0.4, -0.2) is 45.5 Å². The Kier molecular flexibility index (Phi) is 5.63. The summed E-state index contributed by atoms with van der Waals surface area (Å²) in [4.78, 5) is 37.8. The predicted molar refractivity (Wildman–Crippen MR) is 96.3 cm³/mol. The molecule has 1 aromatic rings. The number of carboxylic acid groups (broad SMARTS) is 1. The van der Waals surface area contributed by atoms with Crippen molar-refractivity contribution < 1.29 is 19.5 Å². The van der Waals surface area contributed by atoms with E-state index in [1.54, 1.807) is 40.9 Å². The molecule has 1 atom stereocenters. The van der Waals surface area contributed by atoms with Crippen molar-refractivity contribution in [3.8, 4) is 0 Å². The standard InChI is InChI=1S/C18H22N2O4S/c21-16(22)9-12-4-3-7-14(8-12)19-17(23)15-10-25-11-20(15)18(24)13-5-1-2-6-13/h3-4,7-8,13,15H,1-2,5-6,9-11H2,(H,19,23)(H,21,22). The Bertz CT molecular complexity index is 673. The van der Waals surface area contributed by atoms with Crippen LogP contribution in [-0.2, 0) is 20.8 Å². The van der Waals surface area contributed by atoms with E-state index in [-0.39, 0.29) is 24.2 Å². The topological polar surface area (TPSA) is 86.7 Å². The van der Waals surface area contributed by atoms with Crippen molar-refractivity contribution in [3.63, 3.8) is 0 Å². The third kappa shape index (κ3) is 4.34. The van der Waals surface area contributed by atoms with Crippen molar-refractivity contribution in [3.05, 3.63) is 29.8 Å². The number of anilines is 1. The molecule has 1 aliphatic heterocycles. The molecule has 1 aliphatic carbocycles. The Hall–Kier alpha value is -2.02. The summed E-state index contributed by atoms with van der Waals surface area (Å²) < 4.78 is 0. The molecule has 3 rings (SSSR count). The summed E-state index contributed by atoms with van der Waals surface area (Å²) in [6.45, 7) is 0. The van der Waals surface area contributed by atoms with Crippen molar-refractivity contribution in [2.45, 2.75) is 38.1 Å². The first-order chi connectivity index (χ1) is 12.0. The van der Waals surface area contributed by atoms with Crippen LogP contribution in [0.2, 0.25) is 0 Å². The molecule has 0 spiro atoms. The molecule has 2 amide bonds. The number of carboxylic acids is 1. The number of carbonyl (C=O) groups excluding carboxylic acids is 2. The molecule has 2 aliphatic rings. The van der Waals surface area contributed by atoms with E-state index in [0.717, 1.165) is 25.7 Å². The van der Waals surface area contributed by atoms with Crippen LogP contribution in [0.3, 0.4) is 0 Å². The molecule has 6 nitrogen and oxygen atoms in total. The van der Waals surface area contributed by atoms with E-state index in [0.29, 0.717) is 22.9 Å². The normalized spacial score (nSPS) is 20.6. The van der Waals surface area contributed by atoms with E-state index in [4.69, 9.17) is 5.11 Å². The fourth-order valence-corrected chi connectivity index (χ4v) is 4.61. The lowest BCUT2D eigenvalue weighted by molar-refractivity contribution is -0.139. The molecule has 7 heteroatoms. The van der Waals surface area contributed by atoms with Crippen molar-refractivity contribution >= 4 is 35.2 Å². The second-order valence-corrected chi connectivity index (χ2v) is 7.57. The van der Waals surface area contributed by atoms with Crippen molar-refractivity contribution in [1.29, 1.82) is 0 Å². The van der Waals surface area contributed by atoms with Gasteiger partial charge >= 0.3 is 5.97 Å². The van der Waals surface area contributed by atoms with E-state index in [2.05, 4.69) is 5.32 Å². The quantitative estimate of drug-likeness (QED) is 0.840. The first-order valence-corrected chi connectivity index (χ1v) is 9.70. The molecule has 134 valence electrons. The summed E-state index contributed by atoms with van der Waals surface area (Å²) >= 11 is 1.59. The lowest BCUT2D eigenvalue weighted by Gasteiger charge is -2.25. The van der Waals surface area contributed by atoms with E-state index in [1.807, 2.05) is 0 Å². The molecule has 0 radical (unpaired) electrons. The zero-order valence-electron chi connectivity index (χ0n) is 13.9. The molecule has 2 fully saturated rings. The minimum absolute atomic E-state index is 0.0629. The van der Waals surface area contributed by atoms with Gasteiger partial charge in [0.15, 0.2) is 0 Å². The van der Waals surface area contributed by atoms with E-state index < -0.39 is 12.0 Å². The van der Waals surface area contributed by atoms with E-state index >= 15 is 0 Å². The first kappa shape index (κ1) is 17.8. The highest BCUT2D eigenvalue weighted by Crippen LogP contribution is 2.31. The predicted octanol–water partition coefficient (Wildman–Crippen LogP) is 2.34. The SMILES string of the molecule is O=C(O)Cc1cccc(NC(=O)C2CSCN2C(=O)C2CCCC2)c1. The molecule has 1 aromatic carbocycles. The average Bonchev–Trinajstić information content (AvgIpc) is 3.26. The molecular formula is C18H22N2O4S. The summed E-state index contributed by atoms with van der Waals surface area (Å²) in [5.41, 5.74) is 1.19. The summed E-state index contributed by atoms with van der Waals surface area (Å²) in [5, 5.41) is 11.7. The van der Waals surface area contributed by atoms with Gasteiger partial charge in [-0.15, -0.1) is 11.8 Å². The summed E-state index contributed by atoms with van der Waals surface area (Å²) in [6.07, 6.45) is 3.93. The van der Waals surface area contributed by atoms with Crippen LogP contribution < -0.4 is 5.32 Å². The van der Waals surface area contributed by atoms with Crippen molar-refractivity contribution in [1.82, 2.24) is 4.90 Å². The van der Waals surface area contributed by atoms with Gasteiger partial charge in [-0.2, -0.15) is 0 Å². The second kappa shape index (κ2) is 7.91. The van der Waals surface area contributed by atoms with Crippen LogP contribution in [0.5, 0.6) is 0 Å². The third-order valence-electron chi connectivity index (χ3n) is 4.72. The number of carbonyl (C=O) groups is 3. The van der Waals surface area contributed by atoms with E-state index in [9.17, 15) is 14.4 Å². The molecule has 0 aromatic heterocycles. The van der Waals surface area contributed by atoms with Gasteiger partial charge in [-0.3, -0.25) is 14.4 Å². The fraction of sp³-hybridized carbons (Fsp3) is 0.500. The minimum Gasteiger partial charge on any atom is -0.481 e. The number of hydrogen-bond acceptors (Lipinski definition) is 4. The number of rotatable bonds is 5. The van der Waals surface area contributed by atoms with Gasteiger partial charge in [0.1, 0.15) is 6.04 Å². The minimum atomic E-state index is -0.913. The molecule has 2 N–H and O–H groups in total. The maximum absolute atomic E-state index is 12.7. The molecule has 1 saturated heterocycles. The van der Waals surface area contributed by atoms with Gasteiger partial charge < -0.3 is 15.3 Å². The third-order valence-corrected chi connectivity index (χ3v) is 5.73. The van der Waals surface area contributed by atoms with Gasteiger partial charge in [0.2, 0.25) is 11.8 Å². The Morgan fingerprint density at radius 1 is 1.24 bits per heavy atom. The zero-order valence-corrected chi connectivity index (χ0v) is 14.8. The Morgan fingerprint density at radius 2 is 2.00 bits per heavy atom. The van der Waals surface area contributed by atoms with Crippen molar-refractivity contribution in [2.75, 3.05) is 16.9 Å². The van der Waals surface area contributed by atoms with Crippen molar-refractivity contribution in [2.24, 2.45) is 5.92 Å². The van der Waals surface area contributed by atoms with Gasteiger partial charge in [0.05, 0.1) is 12.3 Å². The highest BCUT2D eigenvalue weighted by atomic mass is 32.2. The van der Waals surface area contributed by atoms with Gasteiger partial charge in [0.25, 0.3) is 0 Å². The summed E-state index contributed by atoms with van der Waals surface area (Å²) in [5.74, 6) is 0.203. The summed E-state index contributed by atoms with van der Waals surface area (Å²) in [7, 11) is 0. The number of aliphatic carboxylic acids is 1. The molecule has 1 unspecified atom stereocenters. The number of nitrogens with zero attached hydrogens (tertiary/aromatic N) is 1. The average molecular weight is 362 g/mol. The number of nitrogens with one attached hydrogen (secondary N) is 1. The molecule has 1 saturated carbocycles. The smallest absolute Gasteiger partial charge is 0.307 e. The van der Waals surface area contributed by atoms with Gasteiger partial charge in [0, 0.05) is 17.4 Å². The largest absolute Gasteiger partial charge is 0.481 e. The maximum Gasteiger partial charge on any atom is 0.307 e. The summed E-state index contributed by atoms with van der Waals surface area (Å²) in [6, 6.07) is 6.37. The lowest BCUT2D eigenvalue weighted by Crippen LogP contribution is -2.46. The number of hydrogen-bond donors (Lipinski definition) is 2. The monoisotopic (exact) mass is 362 g/mol. The van der Waals surface area contributed by atoms with E-state index in [1.165, 1.54) is 0 Å². The second-order valence-electron chi connectivity index (χ2n) is 6.57. The number of thioether (sulfide) groups is 1. The first-order valence-electron chi connectivity index (χ1n) is 8.54. The zero-order chi connectivity index (χ0) is 17.8. The number of benzene rings is 1. The highest BCUT2D eigenvalue weighted by Gasteiger charge is 2.38. The van der Waals surface area contributed by atoms with Gasteiger partial charge in [-0.05, 0) is 30.5 Å². The number of amides is 2. The Balaban J connectivity index is 1.65. The van der Waals surface area contributed by atoms with Gasteiger partial charge in [-0.1, -0.05) is 25.0 Å². The lowest BCUT2D eigenvalue weighted by atomic mass is 10.1. The Morgan fingerprint density at radius 3 is 2.72 bits per heavy atom. The van der Waals surface area contributed by atoms with Crippen LogP contribution in [0.4, 0.5) is 5.69 Å². The molecule has 25 heavy (non-hydrogen) atoms. The molecular weight excluding hydrogens is 340 g/mol.